The van der Waals surface area contributed by atoms with Gasteiger partial charge in [-0.25, -0.2) is 0 Å². The van der Waals surface area contributed by atoms with E-state index in [9.17, 15) is 4.79 Å². The minimum atomic E-state index is -0.586. The van der Waals surface area contributed by atoms with E-state index in [1.165, 1.54) is 5.56 Å². The molecule has 24 heavy (non-hydrogen) atoms. The van der Waals surface area contributed by atoms with Gasteiger partial charge in [0, 0.05) is 11.1 Å². The Morgan fingerprint density at radius 1 is 0.958 bits per heavy atom. The molecule has 1 atom stereocenters. The lowest BCUT2D eigenvalue weighted by atomic mass is 10.1. The third-order valence-electron chi connectivity index (χ3n) is 4.20. The first-order valence-corrected chi connectivity index (χ1v) is 8.07. The lowest BCUT2D eigenvalue weighted by Gasteiger charge is -2.16. The van der Waals surface area contributed by atoms with Crippen molar-refractivity contribution in [1.82, 2.24) is 0 Å². The van der Waals surface area contributed by atoms with Crippen LogP contribution in [0.5, 0.6) is 5.75 Å². The molecule has 3 aromatic carbocycles. The Labute approximate surface area is 142 Å². The number of amides is 1. The predicted molar refractivity (Wildman–Crippen MR) is 98.6 cm³/mol. The van der Waals surface area contributed by atoms with E-state index < -0.39 is 6.10 Å². The Hall–Kier alpha value is -2.81. The number of benzene rings is 3. The van der Waals surface area contributed by atoms with Crippen LogP contribution in [0.25, 0.3) is 10.8 Å². The van der Waals surface area contributed by atoms with Crippen molar-refractivity contribution in [2.45, 2.75) is 26.9 Å². The highest BCUT2D eigenvalue weighted by Gasteiger charge is 2.16. The summed E-state index contributed by atoms with van der Waals surface area (Å²) in [5.74, 6) is 0.557. The summed E-state index contributed by atoms with van der Waals surface area (Å²) in [6, 6.07) is 19.7. The first kappa shape index (κ1) is 16.1. The quantitative estimate of drug-likeness (QED) is 0.745. The number of hydrogen-bond donors (Lipinski definition) is 1. The van der Waals surface area contributed by atoms with Crippen LogP contribution in [0.2, 0.25) is 0 Å². The van der Waals surface area contributed by atoms with Crippen LogP contribution in [-0.2, 0) is 4.79 Å². The smallest absolute Gasteiger partial charge is 0.265 e. The highest BCUT2D eigenvalue weighted by Crippen LogP contribution is 2.26. The van der Waals surface area contributed by atoms with E-state index in [2.05, 4.69) is 5.32 Å². The number of anilines is 1. The molecule has 0 unspecified atom stereocenters. The van der Waals surface area contributed by atoms with Gasteiger partial charge in [0.05, 0.1) is 0 Å². The summed E-state index contributed by atoms with van der Waals surface area (Å²) in [6.45, 7) is 5.84. The van der Waals surface area contributed by atoms with Gasteiger partial charge in [-0.05, 0) is 55.5 Å². The summed E-state index contributed by atoms with van der Waals surface area (Å²) in [5, 5.41) is 5.01. The number of hydrogen-bond acceptors (Lipinski definition) is 2. The highest BCUT2D eigenvalue weighted by atomic mass is 16.5. The maximum atomic E-state index is 12.4. The molecule has 0 saturated heterocycles. The predicted octanol–water partition coefficient (Wildman–Crippen LogP) is 4.86. The van der Waals surface area contributed by atoms with E-state index in [4.69, 9.17) is 4.74 Å². The second kappa shape index (κ2) is 6.75. The van der Waals surface area contributed by atoms with Crippen LogP contribution >= 0.6 is 0 Å². The fourth-order valence-corrected chi connectivity index (χ4v) is 2.61. The summed E-state index contributed by atoms with van der Waals surface area (Å²) in [6.07, 6.45) is -0.586. The zero-order valence-corrected chi connectivity index (χ0v) is 14.2. The van der Waals surface area contributed by atoms with Crippen LogP contribution in [0.4, 0.5) is 5.69 Å². The second-order valence-corrected chi connectivity index (χ2v) is 6.03. The Balaban J connectivity index is 1.75. The number of nitrogens with one attached hydrogen (secondary N) is 1. The summed E-state index contributed by atoms with van der Waals surface area (Å²) in [5.41, 5.74) is 3.14. The summed E-state index contributed by atoms with van der Waals surface area (Å²) < 4.78 is 5.90. The average Bonchev–Trinajstić information content (AvgIpc) is 2.58. The summed E-state index contributed by atoms with van der Waals surface area (Å²) in [4.78, 5) is 12.4. The van der Waals surface area contributed by atoms with Gasteiger partial charge in [0.1, 0.15) is 5.75 Å². The standard InChI is InChI=1S/C21H21NO2/c1-14-11-12-18(13-15(14)2)22-21(23)16(3)24-20-10-6-8-17-7-4-5-9-19(17)20/h4-13,16H,1-3H3,(H,22,23)/t16-/m1/s1. The van der Waals surface area contributed by atoms with E-state index >= 15 is 0 Å². The number of carbonyl (C=O) groups excluding carboxylic acids is 1. The van der Waals surface area contributed by atoms with Crippen LogP contribution in [0.3, 0.4) is 0 Å². The number of aryl methyl sites for hydroxylation is 2. The van der Waals surface area contributed by atoms with Gasteiger partial charge < -0.3 is 10.1 Å². The summed E-state index contributed by atoms with van der Waals surface area (Å²) >= 11 is 0. The largest absolute Gasteiger partial charge is 0.480 e. The van der Waals surface area contributed by atoms with Crippen LogP contribution in [0.15, 0.2) is 60.7 Å². The monoisotopic (exact) mass is 319 g/mol. The molecule has 0 saturated carbocycles. The molecular formula is C21H21NO2. The first-order valence-electron chi connectivity index (χ1n) is 8.07. The minimum Gasteiger partial charge on any atom is -0.480 e. The number of carbonyl (C=O) groups is 1. The van der Waals surface area contributed by atoms with E-state index in [0.29, 0.717) is 0 Å². The molecule has 0 aliphatic rings. The molecule has 3 aromatic rings. The van der Waals surface area contributed by atoms with Crippen molar-refractivity contribution in [3.8, 4) is 5.75 Å². The highest BCUT2D eigenvalue weighted by molar-refractivity contribution is 5.95. The van der Waals surface area contributed by atoms with Crippen molar-refractivity contribution in [1.29, 1.82) is 0 Å². The van der Waals surface area contributed by atoms with Gasteiger partial charge in [0.2, 0.25) is 0 Å². The van der Waals surface area contributed by atoms with Crippen LogP contribution in [0, 0.1) is 13.8 Å². The lowest BCUT2D eigenvalue weighted by molar-refractivity contribution is -0.122. The third kappa shape index (κ3) is 3.40. The molecule has 3 nitrogen and oxygen atoms in total. The van der Waals surface area contributed by atoms with Crippen LogP contribution in [0.1, 0.15) is 18.1 Å². The van der Waals surface area contributed by atoms with E-state index in [0.717, 1.165) is 27.8 Å². The number of ether oxygens (including phenoxy) is 1. The van der Waals surface area contributed by atoms with Gasteiger partial charge in [-0.2, -0.15) is 0 Å². The SMILES string of the molecule is Cc1ccc(NC(=O)[C@@H](C)Oc2cccc3ccccc23)cc1C. The third-order valence-corrected chi connectivity index (χ3v) is 4.20. The average molecular weight is 319 g/mol. The van der Waals surface area contributed by atoms with Crippen molar-refractivity contribution in [2.24, 2.45) is 0 Å². The molecule has 0 bridgehead atoms. The number of fused-ring (bicyclic) bond motifs is 1. The van der Waals surface area contributed by atoms with Crippen LogP contribution in [-0.4, -0.2) is 12.0 Å². The van der Waals surface area contributed by atoms with Crippen molar-refractivity contribution >= 4 is 22.4 Å². The van der Waals surface area contributed by atoms with Crippen molar-refractivity contribution in [3.63, 3.8) is 0 Å². The van der Waals surface area contributed by atoms with E-state index in [-0.39, 0.29) is 5.91 Å². The molecule has 0 radical (unpaired) electrons. The van der Waals surface area contributed by atoms with Gasteiger partial charge in [-0.1, -0.05) is 42.5 Å². The number of rotatable bonds is 4. The van der Waals surface area contributed by atoms with Gasteiger partial charge in [-0.15, -0.1) is 0 Å². The normalized spacial score (nSPS) is 12.0. The van der Waals surface area contributed by atoms with Gasteiger partial charge >= 0.3 is 0 Å². The van der Waals surface area contributed by atoms with Gasteiger partial charge in [-0.3, -0.25) is 4.79 Å². The topological polar surface area (TPSA) is 38.3 Å². The molecule has 122 valence electrons. The van der Waals surface area contributed by atoms with E-state index in [1.807, 2.05) is 74.5 Å². The van der Waals surface area contributed by atoms with Gasteiger partial charge in [0.25, 0.3) is 5.91 Å². The molecule has 3 rings (SSSR count). The molecule has 0 fully saturated rings. The molecule has 0 heterocycles. The molecule has 0 spiro atoms. The second-order valence-electron chi connectivity index (χ2n) is 6.03. The zero-order chi connectivity index (χ0) is 17.1. The Morgan fingerprint density at radius 3 is 2.50 bits per heavy atom. The maximum Gasteiger partial charge on any atom is 0.265 e. The summed E-state index contributed by atoms with van der Waals surface area (Å²) in [7, 11) is 0. The molecule has 0 aliphatic carbocycles. The van der Waals surface area contributed by atoms with Crippen molar-refractivity contribution in [3.05, 3.63) is 71.8 Å². The molecule has 0 aliphatic heterocycles. The van der Waals surface area contributed by atoms with E-state index in [1.54, 1.807) is 6.92 Å². The Morgan fingerprint density at radius 2 is 1.71 bits per heavy atom. The van der Waals surface area contributed by atoms with Crippen LogP contribution < -0.4 is 10.1 Å². The Kier molecular flexibility index (Phi) is 4.52. The maximum absolute atomic E-state index is 12.4. The van der Waals surface area contributed by atoms with Crippen molar-refractivity contribution in [2.75, 3.05) is 5.32 Å². The fraction of sp³-hybridized carbons (Fsp3) is 0.190. The zero-order valence-electron chi connectivity index (χ0n) is 14.2. The molecular weight excluding hydrogens is 298 g/mol. The molecule has 0 aromatic heterocycles. The minimum absolute atomic E-state index is 0.161. The van der Waals surface area contributed by atoms with Crippen molar-refractivity contribution < 1.29 is 9.53 Å². The molecule has 3 heteroatoms. The molecule has 1 N–H and O–H groups in total. The molecule has 1 amide bonds. The Bertz CT molecular complexity index is 881. The first-order chi connectivity index (χ1) is 11.5. The fourth-order valence-electron chi connectivity index (χ4n) is 2.61. The van der Waals surface area contributed by atoms with Gasteiger partial charge in [0.15, 0.2) is 6.10 Å². The lowest BCUT2D eigenvalue weighted by Crippen LogP contribution is -2.30.